The predicted molar refractivity (Wildman–Crippen MR) is 130 cm³/mol. The maximum absolute atomic E-state index is 10.5. The Labute approximate surface area is 329 Å². The number of rotatable bonds is 16. The molecular formula is C12H20O28P8Pt3. The zero-order valence-corrected chi connectivity index (χ0v) is 37.5. The van der Waals surface area contributed by atoms with Gasteiger partial charge in [-0.05, 0) is 30.4 Å². The Bertz CT molecular complexity index is 1250. The van der Waals surface area contributed by atoms with Gasteiger partial charge in [-0.15, -0.1) is 0 Å². The largest absolute Gasteiger partial charge is 4.00 e. The second-order valence-electron chi connectivity index (χ2n) is 6.79. The number of aliphatic hydroxyl groups excluding tert-OH is 4. The first-order valence-electron chi connectivity index (χ1n) is 10.1. The van der Waals surface area contributed by atoms with Gasteiger partial charge in [-0.2, -0.15) is 0 Å². The van der Waals surface area contributed by atoms with Gasteiger partial charge < -0.3 is 116 Å². The summed E-state index contributed by atoms with van der Waals surface area (Å²) in [7, 11) is -42.8. The third kappa shape index (κ3) is 29.3. The van der Waals surface area contributed by atoms with Crippen LogP contribution in [0, 0.1) is 0 Å². The molecule has 8 atom stereocenters. The minimum absolute atomic E-state index is 0. The van der Waals surface area contributed by atoms with Crippen molar-refractivity contribution in [3.63, 3.8) is 0 Å². The van der Waals surface area contributed by atoms with E-state index in [9.17, 15) is 95.2 Å². The molecule has 0 aliphatic carbocycles. The van der Waals surface area contributed by atoms with Gasteiger partial charge in [0.15, 0.2) is 22.3 Å². The summed E-state index contributed by atoms with van der Waals surface area (Å²) in [5, 5.41) is 33.6. The van der Waals surface area contributed by atoms with E-state index in [1.807, 2.05) is 0 Å². The quantitative estimate of drug-likeness (QED) is 0.0823. The van der Waals surface area contributed by atoms with Crippen LogP contribution in [0.3, 0.4) is 0 Å². The summed E-state index contributed by atoms with van der Waals surface area (Å²) < 4.78 is 96.5. The van der Waals surface area contributed by atoms with Gasteiger partial charge in [0.25, 0.3) is 0 Å². The van der Waals surface area contributed by atoms with Gasteiger partial charge in [0.1, 0.15) is 0 Å². The van der Waals surface area contributed by atoms with Crippen LogP contribution in [0.25, 0.3) is 0 Å². The van der Waals surface area contributed by atoms with Crippen molar-refractivity contribution in [3.8, 4) is 0 Å². The molecule has 28 nitrogen and oxygen atoms in total. The topological polar surface area (TPSA) is 531 Å². The van der Waals surface area contributed by atoms with Crippen LogP contribution in [0.15, 0.2) is 51.4 Å². The van der Waals surface area contributed by atoms with Crippen molar-refractivity contribution < 1.29 is 197 Å². The Morgan fingerprint density at radius 2 is 0.451 bits per heavy atom. The predicted octanol–water partition coefficient (Wildman–Crippen LogP) is -8.45. The van der Waals surface area contributed by atoms with Gasteiger partial charge in [0, 0.05) is 0 Å². The van der Waals surface area contributed by atoms with Gasteiger partial charge in [-0.1, -0.05) is 26.3 Å². The van der Waals surface area contributed by atoms with E-state index in [1.54, 1.807) is 0 Å². The summed E-state index contributed by atoms with van der Waals surface area (Å²) in [5.74, 6) is 0. The van der Waals surface area contributed by atoms with E-state index >= 15 is 0 Å². The van der Waals surface area contributed by atoms with Crippen molar-refractivity contribution in [2.24, 2.45) is 0 Å². The number of hydrogen-bond acceptors (Lipinski definition) is 28. The fourth-order valence-electron chi connectivity index (χ4n) is 1.33. The average molecular weight is 1450 g/mol. The average Bonchev–Trinajstić information content (AvgIpc) is 2.85. The first-order chi connectivity index (χ1) is 20.9. The van der Waals surface area contributed by atoms with E-state index in [-0.39, 0.29) is 63.2 Å². The van der Waals surface area contributed by atoms with Crippen molar-refractivity contribution in [2.45, 2.75) is 22.3 Å². The molecule has 0 radical (unpaired) electrons. The van der Waals surface area contributed by atoms with E-state index in [0.717, 1.165) is 0 Å². The molecule has 0 saturated heterocycles. The molecule has 306 valence electrons. The summed E-state index contributed by atoms with van der Waals surface area (Å²) >= 11 is 0. The number of aliphatic hydroxyl groups is 4. The van der Waals surface area contributed by atoms with Gasteiger partial charge in [0.05, 0.1) is 25.0 Å². The third-order valence-corrected chi connectivity index (χ3v) is 16.2. The Kier molecular flexibility index (Phi) is 35.7. The standard InChI is InChI=1S/4C3H8O7P2.3Pt/c4*1-2-10-12(8,9)3(4)11(5,6)7;;;/h4*2-4H,1H2,(H,8,9)(H2,5,6,7);;;/q;;;;3*+4/p-12. The van der Waals surface area contributed by atoms with Crippen LogP contribution in [0.2, 0.25) is 0 Å². The molecule has 0 amide bonds. The molecular weight excluding hydrogens is 1430 g/mol. The molecule has 0 rings (SSSR count). The molecule has 0 bridgehead atoms. The van der Waals surface area contributed by atoms with Crippen LogP contribution in [0.1, 0.15) is 0 Å². The second kappa shape index (κ2) is 27.1. The van der Waals surface area contributed by atoms with Crippen molar-refractivity contribution in [1.29, 1.82) is 0 Å². The molecule has 4 N–H and O–H groups in total. The molecule has 0 aromatic heterocycles. The first-order valence-corrected chi connectivity index (χ1v) is 23.0. The van der Waals surface area contributed by atoms with Gasteiger partial charge >= 0.3 is 63.2 Å². The zero-order chi connectivity index (χ0) is 40.0. The number of hydrogen-bond donors (Lipinski definition) is 4. The Morgan fingerprint density at radius 1 is 0.353 bits per heavy atom. The Morgan fingerprint density at radius 3 is 0.510 bits per heavy atom. The van der Waals surface area contributed by atoms with Crippen LogP contribution in [-0.2, 0) is 118 Å². The van der Waals surface area contributed by atoms with Gasteiger partial charge in [-0.3, -0.25) is 18.3 Å². The molecule has 0 saturated carbocycles. The summed E-state index contributed by atoms with van der Waals surface area (Å²) in [6.45, 7) is 11.2. The van der Waals surface area contributed by atoms with Crippen molar-refractivity contribution in [2.75, 3.05) is 0 Å². The van der Waals surface area contributed by atoms with Crippen molar-refractivity contribution >= 4 is 60.8 Å². The third-order valence-electron chi connectivity index (χ3n) is 3.15. The summed E-state index contributed by atoms with van der Waals surface area (Å²) in [6, 6.07) is 0. The van der Waals surface area contributed by atoms with E-state index in [4.69, 9.17) is 20.4 Å². The second-order valence-corrected chi connectivity index (χ2v) is 21.8. The minimum atomic E-state index is -5.60. The van der Waals surface area contributed by atoms with E-state index in [2.05, 4.69) is 44.4 Å². The normalized spacial score (nSPS) is 18.2. The monoisotopic (exact) mass is 1440 g/mol. The van der Waals surface area contributed by atoms with Crippen molar-refractivity contribution in [3.05, 3.63) is 51.4 Å². The van der Waals surface area contributed by atoms with E-state index in [1.165, 1.54) is 0 Å². The smallest absolute Gasteiger partial charge is 0.809 e. The maximum Gasteiger partial charge on any atom is 4.00 e. The van der Waals surface area contributed by atoms with Crippen LogP contribution >= 0.6 is 60.8 Å². The fraction of sp³-hybridized carbons (Fsp3) is 0.333. The summed E-state index contributed by atoms with van der Waals surface area (Å²) in [5.41, 5.74) is -12.3. The van der Waals surface area contributed by atoms with Crippen LogP contribution in [0.4, 0.5) is 0 Å². The minimum Gasteiger partial charge on any atom is -0.809 e. The Balaban J connectivity index is -0.0000000993. The molecule has 51 heavy (non-hydrogen) atoms. The summed E-state index contributed by atoms with van der Waals surface area (Å²) in [4.78, 5) is 122. The van der Waals surface area contributed by atoms with Crippen LogP contribution < -0.4 is 58.7 Å². The summed E-state index contributed by atoms with van der Waals surface area (Å²) in [6.07, 6.45) is 1.58. The molecule has 0 spiro atoms. The zero-order valence-electron chi connectivity index (χ0n) is 23.6. The van der Waals surface area contributed by atoms with Crippen LogP contribution in [0.5, 0.6) is 0 Å². The molecule has 0 aromatic rings. The van der Waals surface area contributed by atoms with E-state index < -0.39 is 83.1 Å². The van der Waals surface area contributed by atoms with Crippen LogP contribution in [-0.4, -0.2) is 42.8 Å². The molecule has 39 heteroatoms. The van der Waals surface area contributed by atoms with Gasteiger partial charge in [0.2, 0.25) is 30.4 Å². The van der Waals surface area contributed by atoms with Gasteiger partial charge in [-0.25, -0.2) is 0 Å². The fourth-order valence-corrected chi connectivity index (χ4v) is 8.79. The van der Waals surface area contributed by atoms with Crippen molar-refractivity contribution in [1.82, 2.24) is 0 Å². The Hall–Kier alpha value is 1.42. The molecule has 0 fully saturated rings. The first kappa shape index (κ1) is 67.2. The maximum atomic E-state index is 10.5. The van der Waals surface area contributed by atoms with E-state index in [0.29, 0.717) is 25.0 Å². The SMILES string of the molecule is C=COP(=O)([O-])C(O)P(=O)([O-])[O-].C=COP(=O)([O-])C(O)P(=O)([O-])[O-].C=COP(=O)([O-])C(O)P(=O)([O-])[O-].C=COP(=O)([O-])C(O)P(=O)([O-])[O-].[Pt+4].[Pt+4].[Pt+4]. The molecule has 0 aliphatic heterocycles. The molecule has 0 heterocycles. The molecule has 0 aromatic carbocycles. The molecule has 0 aliphatic rings. The molecule has 8 unspecified atom stereocenters.